The van der Waals surface area contributed by atoms with Crippen molar-refractivity contribution in [3.8, 4) is 5.75 Å². The first-order chi connectivity index (χ1) is 17.1. The van der Waals surface area contributed by atoms with Crippen LogP contribution in [-0.4, -0.2) is 66.7 Å². The van der Waals surface area contributed by atoms with Crippen molar-refractivity contribution in [2.45, 2.75) is 39.2 Å². The van der Waals surface area contributed by atoms with E-state index in [1.807, 2.05) is 43.9 Å². The highest BCUT2D eigenvalue weighted by atomic mass is 28.5. The molecule has 0 spiro atoms. The summed E-state index contributed by atoms with van der Waals surface area (Å²) in [5.74, 6) is 0.677. The SMILES string of the molecule is C[Si](C)(C)O[Si](C)(C)O[Si](O)(O)CNC(=O)Nc1ccc(OCCc2ccc(N)cc2)cc1.O=CC=O. The second-order valence-electron chi connectivity index (χ2n) is 9.40. The molecule has 204 valence electrons. The van der Waals surface area contributed by atoms with Crippen molar-refractivity contribution >= 4 is 55.7 Å². The highest BCUT2D eigenvalue weighted by Gasteiger charge is 2.43. The van der Waals surface area contributed by atoms with E-state index >= 15 is 0 Å². The minimum Gasteiger partial charge on any atom is -0.493 e. The quantitative estimate of drug-likeness (QED) is 0.112. The predicted octanol–water partition coefficient (Wildman–Crippen LogP) is 2.43. The molecule has 2 aromatic rings. The number of hydrogen-bond acceptors (Lipinski definition) is 9. The molecule has 0 atom stereocenters. The highest BCUT2D eigenvalue weighted by molar-refractivity contribution is 6.84. The molecule has 0 aliphatic rings. The van der Waals surface area contributed by atoms with E-state index in [-0.39, 0.29) is 18.7 Å². The minimum atomic E-state index is -4.11. The van der Waals surface area contributed by atoms with Gasteiger partial charge < -0.3 is 38.9 Å². The van der Waals surface area contributed by atoms with Crippen molar-refractivity contribution in [1.82, 2.24) is 5.32 Å². The fraction of sp³-hybridized carbons (Fsp3) is 0.348. The number of rotatable bonds is 12. The molecule has 0 unspecified atom stereocenters. The zero-order valence-electron chi connectivity index (χ0n) is 21.8. The molecule has 0 heterocycles. The third kappa shape index (κ3) is 15.1. The summed E-state index contributed by atoms with van der Waals surface area (Å²) in [5.41, 5.74) is 8.08. The summed E-state index contributed by atoms with van der Waals surface area (Å²) in [6.45, 7) is 10.1. The largest absolute Gasteiger partial charge is 0.506 e. The molecule has 0 saturated carbocycles. The fourth-order valence-corrected chi connectivity index (χ4v) is 13.4. The second-order valence-corrected chi connectivity index (χ2v) is 19.9. The van der Waals surface area contributed by atoms with Crippen LogP contribution in [0.4, 0.5) is 16.2 Å². The average molecular weight is 568 g/mol. The third-order valence-corrected chi connectivity index (χ3v) is 12.6. The number of amides is 2. The molecule has 0 aliphatic heterocycles. The fourth-order valence-electron chi connectivity index (χ4n) is 3.16. The number of ether oxygens (including phenoxy) is 1. The zero-order valence-corrected chi connectivity index (χ0v) is 24.8. The van der Waals surface area contributed by atoms with Crippen LogP contribution in [0.5, 0.6) is 5.75 Å². The number of hydrogen-bond donors (Lipinski definition) is 5. The lowest BCUT2D eigenvalue weighted by Gasteiger charge is -2.34. The number of carbonyl (C=O) groups is 3. The van der Waals surface area contributed by atoms with Gasteiger partial charge in [-0.2, -0.15) is 0 Å². The molecular formula is C23H37N3O8Si3. The first-order valence-electron chi connectivity index (χ1n) is 11.5. The van der Waals surface area contributed by atoms with Gasteiger partial charge in [0.15, 0.2) is 20.9 Å². The van der Waals surface area contributed by atoms with Gasteiger partial charge in [0.1, 0.15) is 5.75 Å². The molecule has 2 rings (SSSR count). The molecule has 6 N–H and O–H groups in total. The van der Waals surface area contributed by atoms with Crippen LogP contribution in [0.3, 0.4) is 0 Å². The van der Waals surface area contributed by atoms with Gasteiger partial charge in [0.2, 0.25) is 0 Å². The number of urea groups is 1. The summed E-state index contributed by atoms with van der Waals surface area (Å²) in [4.78, 5) is 50.3. The van der Waals surface area contributed by atoms with E-state index in [4.69, 9.17) is 28.3 Å². The van der Waals surface area contributed by atoms with Crippen LogP contribution in [0, 0.1) is 0 Å². The van der Waals surface area contributed by atoms with Crippen molar-refractivity contribution in [2.75, 3.05) is 23.8 Å². The van der Waals surface area contributed by atoms with Crippen molar-refractivity contribution < 1.29 is 36.9 Å². The molecule has 0 aromatic heterocycles. The molecule has 0 bridgehead atoms. The van der Waals surface area contributed by atoms with Gasteiger partial charge in [0, 0.05) is 17.8 Å². The second kappa shape index (κ2) is 14.8. The predicted molar refractivity (Wildman–Crippen MR) is 149 cm³/mol. The number of anilines is 2. The van der Waals surface area contributed by atoms with Crippen molar-refractivity contribution in [2.24, 2.45) is 0 Å². The van der Waals surface area contributed by atoms with Gasteiger partial charge in [0.05, 0.1) is 12.8 Å². The summed E-state index contributed by atoms with van der Waals surface area (Å²) in [5, 5.41) is 5.10. The van der Waals surface area contributed by atoms with Gasteiger partial charge in [-0.25, -0.2) is 4.79 Å². The Bertz CT molecular complexity index is 992. The normalized spacial score (nSPS) is 11.5. The maximum Gasteiger partial charge on any atom is 0.506 e. The van der Waals surface area contributed by atoms with Crippen LogP contribution >= 0.6 is 0 Å². The minimum absolute atomic E-state index is 0.194. The standard InChI is InChI=1S/C21H35N3O6Si3.C2H2O2/c1-31(2,3)29-32(4,5)30-33(26,27)16-23-21(25)24-19-10-12-20(13-11-19)28-15-14-17-6-8-18(22)9-7-17;3-1-2-4/h6-13,26-27H,14-16,22H2,1-5H3,(H2,23,24,25);1-2H. The zero-order chi connectivity index (χ0) is 28.1. The Morgan fingerprint density at radius 3 is 2.00 bits per heavy atom. The van der Waals surface area contributed by atoms with E-state index in [0.29, 0.717) is 18.0 Å². The van der Waals surface area contributed by atoms with Crippen molar-refractivity contribution in [3.05, 3.63) is 54.1 Å². The summed E-state index contributed by atoms with van der Waals surface area (Å²) in [6.07, 6.45) is 0.762. The maximum atomic E-state index is 12.2. The lowest BCUT2D eigenvalue weighted by atomic mass is 10.1. The molecule has 0 aliphatic carbocycles. The molecule has 37 heavy (non-hydrogen) atoms. The average Bonchev–Trinajstić information content (AvgIpc) is 2.78. The van der Waals surface area contributed by atoms with Gasteiger partial charge in [-0.05, 0) is 74.7 Å². The molecule has 11 nitrogen and oxygen atoms in total. The van der Waals surface area contributed by atoms with E-state index < -0.39 is 31.7 Å². The van der Waals surface area contributed by atoms with Crippen LogP contribution < -0.4 is 21.1 Å². The van der Waals surface area contributed by atoms with E-state index in [9.17, 15) is 14.4 Å². The Balaban J connectivity index is 0.00000159. The van der Waals surface area contributed by atoms with Gasteiger partial charge in [-0.3, -0.25) is 9.59 Å². The topological polar surface area (TPSA) is 169 Å². The summed E-state index contributed by atoms with van der Waals surface area (Å²) in [7, 11) is -8.74. The number of nitrogens with two attached hydrogens (primary N) is 1. The molecule has 0 fully saturated rings. The summed E-state index contributed by atoms with van der Waals surface area (Å²) >= 11 is 0. The van der Waals surface area contributed by atoms with Crippen LogP contribution in [-0.2, 0) is 24.2 Å². The summed E-state index contributed by atoms with van der Waals surface area (Å²) < 4.78 is 17.2. The monoisotopic (exact) mass is 567 g/mol. The Kier molecular flexibility index (Phi) is 12.8. The van der Waals surface area contributed by atoms with Crippen molar-refractivity contribution in [3.63, 3.8) is 0 Å². The van der Waals surface area contributed by atoms with Crippen LogP contribution in [0.1, 0.15) is 5.56 Å². The van der Waals surface area contributed by atoms with E-state index in [0.717, 1.165) is 17.7 Å². The smallest absolute Gasteiger partial charge is 0.493 e. The Morgan fingerprint density at radius 1 is 0.919 bits per heavy atom. The number of nitrogen functional groups attached to an aromatic ring is 1. The van der Waals surface area contributed by atoms with Gasteiger partial charge in [-0.1, -0.05) is 12.1 Å². The number of benzene rings is 2. The van der Waals surface area contributed by atoms with Crippen LogP contribution in [0.25, 0.3) is 0 Å². The molecule has 0 saturated heterocycles. The Hall–Kier alpha value is -2.86. The Labute approximate surface area is 220 Å². The lowest BCUT2D eigenvalue weighted by Crippen LogP contribution is -2.59. The molecule has 14 heteroatoms. The number of aldehydes is 2. The van der Waals surface area contributed by atoms with Crippen LogP contribution in [0.15, 0.2) is 48.5 Å². The molecule has 2 amide bonds. The first kappa shape index (κ1) is 32.2. The highest BCUT2D eigenvalue weighted by Crippen LogP contribution is 2.18. The van der Waals surface area contributed by atoms with E-state index in [1.165, 1.54) is 0 Å². The number of carbonyl (C=O) groups excluding carboxylic acids is 3. The van der Waals surface area contributed by atoms with Crippen molar-refractivity contribution in [1.29, 1.82) is 0 Å². The number of nitrogens with one attached hydrogen (secondary N) is 2. The maximum absolute atomic E-state index is 12.2. The molecular weight excluding hydrogens is 531 g/mol. The van der Waals surface area contributed by atoms with Gasteiger partial charge >= 0.3 is 23.4 Å². The van der Waals surface area contributed by atoms with Gasteiger partial charge in [-0.15, -0.1) is 0 Å². The van der Waals surface area contributed by atoms with Gasteiger partial charge in [0.25, 0.3) is 0 Å². The van der Waals surface area contributed by atoms with E-state index in [1.54, 1.807) is 37.4 Å². The van der Waals surface area contributed by atoms with Crippen LogP contribution in [0.2, 0.25) is 32.7 Å². The van der Waals surface area contributed by atoms with E-state index in [2.05, 4.69) is 10.6 Å². The third-order valence-electron chi connectivity index (χ3n) is 4.25. The molecule has 0 radical (unpaired) electrons. The summed E-state index contributed by atoms with van der Waals surface area (Å²) in [6, 6.07) is 14.0. The lowest BCUT2D eigenvalue weighted by molar-refractivity contribution is -0.122. The Morgan fingerprint density at radius 2 is 1.49 bits per heavy atom. The first-order valence-corrected chi connectivity index (χ1v) is 19.7. The molecule has 2 aromatic carbocycles.